The summed E-state index contributed by atoms with van der Waals surface area (Å²) in [5, 5.41) is 3.13. The first-order valence-electron chi connectivity index (χ1n) is 6.72. The van der Waals surface area contributed by atoms with Gasteiger partial charge in [-0.25, -0.2) is 0 Å². The van der Waals surface area contributed by atoms with Gasteiger partial charge in [-0.3, -0.25) is 10.1 Å². The van der Waals surface area contributed by atoms with Crippen LogP contribution in [0.1, 0.15) is 39.2 Å². The first kappa shape index (κ1) is 15.5. The molecule has 0 spiro atoms. The van der Waals surface area contributed by atoms with Crippen LogP contribution < -0.4 is 15.8 Å². The molecule has 4 heteroatoms. The fraction of sp³-hybridized carbons (Fsp3) is 0.533. The normalized spacial score (nSPS) is 11.3. The van der Waals surface area contributed by atoms with Crippen molar-refractivity contribution in [1.82, 2.24) is 5.32 Å². The van der Waals surface area contributed by atoms with Crippen molar-refractivity contribution in [1.29, 1.82) is 0 Å². The summed E-state index contributed by atoms with van der Waals surface area (Å²) >= 11 is 0. The highest BCUT2D eigenvalue weighted by atomic mass is 16.5. The maximum absolute atomic E-state index is 11.2. The Morgan fingerprint density at radius 2 is 1.95 bits per heavy atom. The summed E-state index contributed by atoms with van der Waals surface area (Å²) in [5.74, 6) is 0.526. The molecule has 0 fully saturated rings. The zero-order chi connectivity index (χ0) is 14.3. The average Bonchev–Trinajstić information content (AvgIpc) is 2.38. The van der Waals surface area contributed by atoms with Gasteiger partial charge < -0.3 is 10.5 Å². The fourth-order valence-electron chi connectivity index (χ4n) is 1.45. The highest BCUT2D eigenvalue weighted by molar-refractivity contribution is 5.83. The van der Waals surface area contributed by atoms with Crippen molar-refractivity contribution in [3.8, 4) is 5.75 Å². The number of primary amides is 1. The van der Waals surface area contributed by atoms with Gasteiger partial charge in [0.15, 0.2) is 0 Å². The highest BCUT2D eigenvalue weighted by Crippen LogP contribution is 2.13. The summed E-state index contributed by atoms with van der Waals surface area (Å²) < 4.78 is 5.59. The number of nitrogens with two attached hydrogens (primary N) is 1. The third-order valence-electron chi connectivity index (χ3n) is 3.04. The Kier molecular flexibility index (Phi) is 5.83. The number of amides is 1. The molecule has 0 bridgehead atoms. The van der Waals surface area contributed by atoms with E-state index in [0.717, 1.165) is 30.8 Å². The third-order valence-corrected chi connectivity index (χ3v) is 3.04. The Morgan fingerprint density at radius 1 is 1.32 bits per heavy atom. The van der Waals surface area contributed by atoms with Crippen molar-refractivity contribution in [2.45, 2.75) is 45.7 Å². The molecule has 0 unspecified atom stereocenters. The molecule has 0 radical (unpaired) electrons. The molecule has 1 amide bonds. The number of benzene rings is 1. The van der Waals surface area contributed by atoms with Gasteiger partial charge in [-0.2, -0.15) is 0 Å². The molecule has 1 aromatic rings. The molecule has 1 aromatic carbocycles. The van der Waals surface area contributed by atoms with Crippen LogP contribution in [0.15, 0.2) is 24.3 Å². The number of ether oxygens (including phenoxy) is 1. The molecule has 4 nitrogen and oxygen atoms in total. The molecule has 106 valence electrons. The quantitative estimate of drug-likeness (QED) is 0.708. The van der Waals surface area contributed by atoms with Crippen LogP contribution in [-0.2, 0) is 11.3 Å². The van der Waals surface area contributed by atoms with E-state index in [4.69, 9.17) is 10.5 Å². The van der Waals surface area contributed by atoms with Gasteiger partial charge in [0.25, 0.3) is 0 Å². The number of hydrogen-bond donors (Lipinski definition) is 2. The van der Waals surface area contributed by atoms with Gasteiger partial charge in [0.2, 0.25) is 5.91 Å². The molecule has 0 saturated heterocycles. The lowest BCUT2D eigenvalue weighted by Gasteiger charge is -2.22. The van der Waals surface area contributed by atoms with E-state index in [0.29, 0.717) is 6.54 Å². The van der Waals surface area contributed by atoms with E-state index < -0.39 is 5.54 Å². The van der Waals surface area contributed by atoms with Crippen molar-refractivity contribution in [2.75, 3.05) is 6.61 Å². The molecule has 0 atom stereocenters. The van der Waals surface area contributed by atoms with Crippen molar-refractivity contribution >= 4 is 5.91 Å². The minimum atomic E-state index is -0.698. The van der Waals surface area contributed by atoms with Gasteiger partial charge in [-0.15, -0.1) is 0 Å². The summed E-state index contributed by atoms with van der Waals surface area (Å²) in [6, 6.07) is 7.88. The minimum absolute atomic E-state index is 0.355. The Morgan fingerprint density at radius 3 is 2.47 bits per heavy atom. The molecule has 0 aliphatic heterocycles. The van der Waals surface area contributed by atoms with Crippen LogP contribution in [0.25, 0.3) is 0 Å². The number of rotatable bonds is 8. The van der Waals surface area contributed by atoms with Crippen molar-refractivity contribution in [3.05, 3.63) is 29.8 Å². The molecular formula is C15H24N2O2. The molecule has 0 saturated carbocycles. The van der Waals surface area contributed by atoms with Gasteiger partial charge in [0.05, 0.1) is 12.1 Å². The smallest absolute Gasteiger partial charge is 0.237 e. The zero-order valence-electron chi connectivity index (χ0n) is 12.0. The second-order valence-electron chi connectivity index (χ2n) is 5.19. The molecule has 0 aromatic heterocycles. The lowest BCUT2D eigenvalue weighted by atomic mass is 10.0. The van der Waals surface area contributed by atoms with Crippen LogP contribution in [0.3, 0.4) is 0 Å². The first-order valence-corrected chi connectivity index (χ1v) is 6.72. The average molecular weight is 264 g/mol. The number of carbonyl (C=O) groups is 1. The van der Waals surface area contributed by atoms with Gasteiger partial charge in [-0.1, -0.05) is 25.5 Å². The predicted molar refractivity (Wildman–Crippen MR) is 77.0 cm³/mol. The number of hydrogen-bond acceptors (Lipinski definition) is 3. The monoisotopic (exact) mass is 264 g/mol. The van der Waals surface area contributed by atoms with Crippen LogP contribution in [0.4, 0.5) is 0 Å². The summed E-state index contributed by atoms with van der Waals surface area (Å²) in [5.41, 5.74) is 5.70. The van der Waals surface area contributed by atoms with Gasteiger partial charge in [0, 0.05) is 6.54 Å². The molecule has 1 rings (SSSR count). The molecule has 0 heterocycles. The predicted octanol–water partition coefficient (Wildman–Crippen LogP) is 2.22. The van der Waals surface area contributed by atoms with Gasteiger partial charge in [0.1, 0.15) is 5.75 Å². The highest BCUT2D eigenvalue weighted by Gasteiger charge is 2.23. The van der Waals surface area contributed by atoms with E-state index in [9.17, 15) is 4.79 Å². The van der Waals surface area contributed by atoms with E-state index in [2.05, 4.69) is 12.2 Å². The molecule has 3 N–H and O–H groups in total. The lowest BCUT2D eigenvalue weighted by molar-refractivity contribution is -0.123. The molecule has 0 aliphatic carbocycles. The van der Waals surface area contributed by atoms with Crippen molar-refractivity contribution in [3.63, 3.8) is 0 Å². The maximum atomic E-state index is 11.2. The second kappa shape index (κ2) is 7.14. The molecular weight excluding hydrogens is 240 g/mol. The van der Waals surface area contributed by atoms with E-state index in [1.807, 2.05) is 24.3 Å². The molecule has 19 heavy (non-hydrogen) atoms. The lowest BCUT2D eigenvalue weighted by Crippen LogP contribution is -2.50. The van der Waals surface area contributed by atoms with E-state index >= 15 is 0 Å². The third kappa shape index (κ3) is 5.30. The van der Waals surface area contributed by atoms with Crippen LogP contribution in [-0.4, -0.2) is 18.1 Å². The van der Waals surface area contributed by atoms with Crippen LogP contribution in [0.5, 0.6) is 5.75 Å². The second-order valence-corrected chi connectivity index (χ2v) is 5.19. The summed E-state index contributed by atoms with van der Waals surface area (Å²) in [6.07, 6.45) is 2.19. The first-order chi connectivity index (χ1) is 8.95. The number of nitrogens with one attached hydrogen (secondary N) is 1. The summed E-state index contributed by atoms with van der Waals surface area (Å²) in [7, 11) is 0. The van der Waals surface area contributed by atoms with Crippen molar-refractivity contribution < 1.29 is 9.53 Å². The van der Waals surface area contributed by atoms with Gasteiger partial charge in [-0.05, 0) is 38.0 Å². The number of carbonyl (C=O) groups excluding carboxylic acids is 1. The number of unbranched alkanes of at least 4 members (excludes halogenated alkanes) is 1. The molecule has 0 aliphatic rings. The topological polar surface area (TPSA) is 64.3 Å². The van der Waals surface area contributed by atoms with Crippen LogP contribution >= 0.6 is 0 Å². The fourth-order valence-corrected chi connectivity index (χ4v) is 1.45. The van der Waals surface area contributed by atoms with Gasteiger partial charge >= 0.3 is 0 Å². The largest absolute Gasteiger partial charge is 0.494 e. The Bertz CT molecular complexity index is 399. The van der Waals surface area contributed by atoms with E-state index in [1.165, 1.54) is 0 Å². The van der Waals surface area contributed by atoms with E-state index in [1.54, 1.807) is 13.8 Å². The zero-order valence-corrected chi connectivity index (χ0v) is 12.0. The summed E-state index contributed by atoms with van der Waals surface area (Å²) in [6.45, 7) is 7.04. The minimum Gasteiger partial charge on any atom is -0.494 e. The maximum Gasteiger partial charge on any atom is 0.237 e. The Labute approximate surface area is 115 Å². The Hall–Kier alpha value is -1.55. The Balaban J connectivity index is 2.46. The van der Waals surface area contributed by atoms with Crippen molar-refractivity contribution in [2.24, 2.45) is 5.73 Å². The van der Waals surface area contributed by atoms with E-state index in [-0.39, 0.29) is 5.91 Å². The standard InChI is InChI=1S/C15H24N2O2/c1-4-5-10-19-13-8-6-12(7-9-13)11-17-15(2,3)14(16)18/h6-9,17H,4-5,10-11H2,1-3H3,(H2,16,18). The van der Waals surface area contributed by atoms with Crippen LogP contribution in [0, 0.1) is 0 Å². The van der Waals surface area contributed by atoms with Crippen LogP contribution in [0.2, 0.25) is 0 Å². The SMILES string of the molecule is CCCCOc1ccc(CNC(C)(C)C(N)=O)cc1. The summed E-state index contributed by atoms with van der Waals surface area (Å²) in [4.78, 5) is 11.2.